The third kappa shape index (κ3) is 4.98. The molecule has 2 aromatic rings. The summed E-state index contributed by atoms with van der Waals surface area (Å²) in [6, 6.07) is 3.55. The van der Waals surface area contributed by atoms with Gasteiger partial charge in [0, 0.05) is 50.4 Å². The van der Waals surface area contributed by atoms with Crippen LogP contribution in [-0.2, 0) is 16.0 Å². The lowest BCUT2D eigenvalue weighted by Gasteiger charge is -2.39. The molecule has 0 bridgehead atoms. The van der Waals surface area contributed by atoms with Gasteiger partial charge in [0.25, 0.3) is 5.91 Å². The first-order chi connectivity index (χ1) is 16.9. The molecule has 0 aromatic carbocycles. The Morgan fingerprint density at radius 1 is 1.23 bits per heavy atom. The van der Waals surface area contributed by atoms with Gasteiger partial charge in [-0.05, 0) is 57.6 Å². The Hall–Kier alpha value is -3.14. The van der Waals surface area contributed by atoms with Crippen LogP contribution in [0, 0.1) is 12.8 Å². The minimum Gasteiger partial charge on any atom is -0.489 e. The maximum atomic E-state index is 12.5. The number of carbonyl (C=O) groups is 2. The van der Waals surface area contributed by atoms with Crippen molar-refractivity contribution >= 4 is 17.7 Å². The van der Waals surface area contributed by atoms with E-state index in [4.69, 9.17) is 19.7 Å². The monoisotopic (exact) mass is 483 g/mol. The van der Waals surface area contributed by atoms with E-state index < -0.39 is 17.5 Å². The summed E-state index contributed by atoms with van der Waals surface area (Å²) in [5.41, 5.74) is 6.23. The van der Waals surface area contributed by atoms with E-state index in [0.717, 1.165) is 76.6 Å². The van der Waals surface area contributed by atoms with Gasteiger partial charge in [-0.1, -0.05) is 5.16 Å². The van der Waals surface area contributed by atoms with Gasteiger partial charge in [0.05, 0.1) is 12.3 Å². The normalized spacial score (nSPS) is 24.6. The number of carbonyl (C=O) groups excluding carboxylic acids is 2. The largest absolute Gasteiger partial charge is 0.489 e. The van der Waals surface area contributed by atoms with Crippen LogP contribution in [0.4, 0.5) is 5.82 Å². The van der Waals surface area contributed by atoms with Crippen molar-refractivity contribution in [3.63, 3.8) is 0 Å². The van der Waals surface area contributed by atoms with Gasteiger partial charge in [0.1, 0.15) is 0 Å². The summed E-state index contributed by atoms with van der Waals surface area (Å²) in [7, 11) is 0. The summed E-state index contributed by atoms with van der Waals surface area (Å²) in [5.74, 6) is 1.11. The number of rotatable bonds is 7. The predicted octanol–water partition coefficient (Wildman–Crippen LogP) is 2.10. The van der Waals surface area contributed by atoms with Crippen LogP contribution in [0.15, 0.2) is 22.9 Å². The minimum atomic E-state index is -1.27. The molecule has 10 heteroatoms. The van der Waals surface area contributed by atoms with Crippen molar-refractivity contribution in [2.24, 2.45) is 11.7 Å². The summed E-state index contributed by atoms with van der Waals surface area (Å²) in [5, 5.41) is 3.71. The van der Waals surface area contributed by atoms with Gasteiger partial charge in [-0.2, -0.15) is 0 Å². The number of ether oxygens (including phenoxy) is 2. The van der Waals surface area contributed by atoms with Gasteiger partial charge in [-0.3, -0.25) is 9.69 Å². The number of piperazine rings is 1. The Labute approximate surface area is 204 Å². The van der Waals surface area contributed by atoms with Crippen molar-refractivity contribution in [1.29, 1.82) is 0 Å². The Bertz CT molecular complexity index is 1070. The Morgan fingerprint density at radius 3 is 2.69 bits per heavy atom. The lowest BCUT2D eigenvalue weighted by molar-refractivity contribution is -0.142. The fourth-order valence-corrected chi connectivity index (χ4v) is 5.39. The molecule has 188 valence electrons. The average Bonchev–Trinajstić information content (AvgIpc) is 3.53. The fraction of sp³-hybridized carbons (Fsp3) is 0.600. The smallest absolute Gasteiger partial charge is 0.378 e. The standard InChI is InChI=1S/C25H33N5O5/c1-17-16-20(35-28-17)23(31)34-25(24(26)32)7-2-18(3-8-25)5-10-29-11-13-30(14-12-29)22-21-19(4-9-27-22)6-15-33-21/h4,9,16,18H,2-3,5-8,10-15H2,1H3,(H2,26,32). The van der Waals surface area contributed by atoms with E-state index in [2.05, 4.69) is 26.0 Å². The lowest BCUT2D eigenvalue weighted by atomic mass is 9.77. The quantitative estimate of drug-likeness (QED) is 0.590. The molecule has 1 amide bonds. The highest BCUT2D eigenvalue weighted by Gasteiger charge is 2.44. The molecule has 10 nitrogen and oxygen atoms in total. The summed E-state index contributed by atoms with van der Waals surface area (Å²) in [6.07, 6.45) is 6.35. The summed E-state index contributed by atoms with van der Waals surface area (Å²) < 4.78 is 16.4. The number of primary amides is 1. The van der Waals surface area contributed by atoms with Crippen molar-refractivity contribution in [3.05, 3.63) is 35.3 Å². The van der Waals surface area contributed by atoms with Gasteiger partial charge in [-0.15, -0.1) is 0 Å². The highest BCUT2D eigenvalue weighted by molar-refractivity contribution is 5.91. The number of fused-ring (bicyclic) bond motifs is 1. The molecular weight excluding hydrogens is 450 g/mol. The predicted molar refractivity (Wildman–Crippen MR) is 127 cm³/mol. The number of aryl methyl sites for hydroxylation is 1. The number of esters is 1. The highest BCUT2D eigenvalue weighted by Crippen LogP contribution is 2.38. The average molecular weight is 484 g/mol. The molecule has 0 radical (unpaired) electrons. The fourth-order valence-electron chi connectivity index (χ4n) is 5.39. The molecule has 35 heavy (non-hydrogen) atoms. The maximum absolute atomic E-state index is 12.5. The zero-order chi connectivity index (χ0) is 24.4. The maximum Gasteiger partial charge on any atom is 0.378 e. The number of anilines is 1. The van der Waals surface area contributed by atoms with Crippen molar-refractivity contribution in [2.45, 2.75) is 51.0 Å². The van der Waals surface area contributed by atoms with Gasteiger partial charge in [0.15, 0.2) is 17.2 Å². The first kappa shape index (κ1) is 23.6. The molecule has 0 atom stereocenters. The van der Waals surface area contributed by atoms with Crippen LogP contribution in [0.25, 0.3) is 0 Å². The van der Waals surface area contributed by atoms with Crippen LogP contribution in [0.3, 0.4) is 0 Å². The molecule has 4 heterocycles. The topological polar surface area (TPSA) is 124 Å². The Balaban J connectivity index is 1.09. The molecule has 2 aliphatic heterocycles. The molecule has 5 rings (SSSR count). The highest BCUT2D eigenvalue weighted by atomic mass is 16.6. The SMILES string of the molecule is Cc1cc(C(=O)OC2(C(N)=O)CCC(CCN3CCN(c4nccc5c4OCC5)CC3)CC2)on1. The van der Waals surface area contributed by atoms with Crippen LogP contribution >= 0.6 is 0 Å². The number of pyridine rings is 1. The van der Waals surface area contributed by atoms with Crippen molar-refractivity contribution in [1.82, 2.24) is 15.0 Å². The summed E-state index contributed by atoms with van der Waals surface area (Å²) >= 11 is 0. The molecule has 1 aliphatic carbocycles. The molecule has 3 aliphatic rings. The number of hydrogen-bond acceptors (Lipinski definition) is 9. The number of hydrogen-bond donors (Lipinski definition) is 1. The zero-order valence-corrected chi connectivity index (χ0v) is 20.2. The Morgan fingerprint density at radius 2 is 2.00 bits per heavy atom. The van der Waals surface area contributed by atoms with Crippen LogP contribution in [-0.4, -0.2) is 71.8 Å². The van der Waals surface area contributed by atoms with Crippen LogP contribution in [0.1, 0.15) is 53.9 Å². The second-order valence-electron chi connectivity index (χ2n) is 9.86. The Kier molecular flexibility index (Phi) is 6.64. The second-order valence-corrected chi connectivity index (χ2v) is 9.86. The minimum absolute atomic E-state index is 0.00777. The van der Waals surface area contributed by atoms with E-state index in [1.165, 1.54) is 11.6 Å². The zero-order valence-electron chi connectivity index (χ0n) is 20.2. The number of amides is 1. The van der Waals surface area contributed by atoms with E-state index in [-0.39, 0.29) is 5.76 Å². The van der Waals surface area contributed by atoms with Crippen LogP contribution in [0.5, 0.6) is 5.75 Å². The molecule has 2 N–H and O–H groups in total. The molecule has 0 spiro atoms. The van der Waals surface area contributed by atoms with E-state index in [1.54, 1.807) is 6.92 Å². The number of aromatic nitrogens is 2. The number of nitrogens with zero attached hydrogens (tertiary/aromatic N) is 4. The van der Waals surface area contributed by atoms with Crippen molar-refractivity contribution in [3.8, 4) is 5.75 Å². The summed E-state index contributed by atoms with van der Waals surface area (Å²) in [4.78, 5) is 34.1. The lowest BCUT2D eigenvalue weighted by Crippen LogP contribution is -2.50. The molecule has 1 saturated heterocycles. The third-order valence-corrected chi connectivity index (χ3v) is 7.59. The van der Waals surface area contributed by atoms with Crippen LogP contribution in [0.2, 0.25) is 0 Å². The van der Waals surface area contributed by atoms with Crippen molar-refractivity contribution < 1.29 is 23.6 Å². The van der Waals surface area contributed by atoms with Crippen molar-refractivity contribution in [2.75, 3.05) is 44.2 Å². The number of nitrogens with two attached hydrogens (primary N) is 1. The molecular formula is C25H33N5O5. The van der Waals surface area contributed by atoms with Gasteiger partial charge >= 0.3 is 5.97 Å². The van der Waals surface area contributed by atoms with E-state index >= 15 is 0 Å². The van der Waals surface area contributed by atoms with Gasteiger partial charge in [0.2, 0.25) is 5.76 Å². The molecule has 2 aromatic heterocycles. The first-order valence-electron chi connectivity index (χ1n) is 12.5. The van der Waals surface area contributed by atoms with Gasteiger partial charge in [-0.25, -0.2) is 9.78 Å². The third-order valence-electron chi connectivity index (χ3n) is 7.59. The van der Waals surface area contributed by atoms with E-state index in [0.29, 0.717) is 24.5 Å². The first-order valence-corrected chi connectivity index (χ1v) is 12.5. The van der Waals surface area contributed by atoms with Crippen LogP contribution < -0.4 is 15.4 Å². The molecule has 0 unspecified atom stereocenters. The summed E-state index contributed by atoms with van der Waals surface area (Å²) in [6.45, 7) is 7.29. The van der Waals surface area contributed by atoms with Gasteiger partial charge < -0.3 is 24.6 Å². The van der Waals surface area contributed by atoms with E-state index in [9.17, 15) is 9.59 Å². The molecule has 1 saturated carbocycles. The second kappa shape index (κ2) is 9.85. The van der Waals surface area contributed by atoms with E-state index in [1.807, 2.05) is 6.20 Å². The molecule has 2 fully saturated rings.